The molecule has 4 nitrogen and oxygen atoms in total. The summed E-state index contributed by atoms with van der Waals surface area (Å²) in [5.74, 6) is 0.811. The van der Waals surface area contributed by atoms with Gasteiger partial charge in [-0.25, -0.2) is 0 Å². The fourth-order valence-electron chi connectivity index (χ4n) is 1.51. The van der Waals surface area contributed by atoms with Crippen molar-refractivity contribution in [2.24, 2.45) is 5.92 Å². The molecule has 1 aromatic carbocycles. The predicted molar refractivity (Wildman–Crippen MR) is 75.1 cm³/mol. The molecule has 106 valence electrons. The molecule has 0 heterocycles. The molecule has 0 aromatic heterocycles. The van der Waals surface area contributed by atoms with Gasteiger partial charge in [-0.3, -0.25) is 4.79 Å². The van der Waals surface area contributed by atoms with Crippen molar-refractivity contribution in [1.29, 1.82) is 0 Å². The molecule has 4 heteroatoms. The van der Waals surface area contributed by atoms with E-state index >= 15 is 0 Å². The van der Waals surface area contributed by atoms with Crippen molar-refractivity contribution in [2.75, 3.05) is 13.2 Å². The predicted octanol–water partition coefficient (Wildman–Crippen LogP) is 1.90. The quantitative estimate of drug-likeness (QED) is 0.791. The second kappa shape index (κ2) is 7.79. The summed E-state index contributed by atoms with van der Waals surface area (Å²) in [6.07, 6.45) is -0.208. The van der Waals surface area contributed by atoms with Gasteiger partial charge in [0.1, 0.15) is 5.75 Å². The summed E-state index contributed by atoms with van der Waals surface area (Å²) in [5.41, 5.74) is 1.13. The Kier molecular flexibility index (Phi) is 6.36. The Morgan fingerprint density at radius 3 is 2.79 bits per heavy atom. The zero-order chi connectivity index (χ0) is 14.3. The van der Waals surface area contributed by atoms with Crippen LogP contribution in [0.3, 0.4) is 0 Å². The SMILES string of the molecule is Cc1cccc(OCCC(=O)NCC(O)C(C)C)c1. The first-order valence-electron chi connectivity index (χ1n) is 6.63. The summed E-state index contributed by atoms with van der Waals surface area (Å²) >= 11 is 0. The highest BCUT2D eigenvalue weighted by molar-refractivity contribution is 5.76. The van der Waals surface area contributed by atoms with Crippen molar-refractivity contribution in [3.8, 4) is 5.75 Å². The number of benzene rings is 1. The van der Waals surface area contributed by atoms with E-state index in [0.29, 0.717) is 19.6 Å². The third kappa shape index (κ3) is 6.25. The van der Waals surface area contributed by atoms with Gasteiger partial charge in [0, 0.05) is 6.54 Å². The number of hydrogen-bond donors (Lipinski definition) is 2. The summed E-state index contributed by atoms with van der Waals surface area (Å²) in [5, 5.41) is 12.3. The zero-order valence-corrected chi connectivity index (χ0v) is 11.8. The Morgan fingerprint density at radius 1 is 1.42 bits per heavy atom. The maximum atomic E-state index is 11.5. The molecule has 19 heavy (non-hydrogen) atoms. The number of carbonyl (C=O) groups is 1. The topological polar surface area (TPSA) is 58.6 Å². The lowest BCUT2D eigenvalue weighted by Crippen LogP contribution is -2.35. The monoisotopic (exact) mass is 265 g/mol. The molecule has 0 saturated carbocycles. The normalized spacial score (nSPS) is 12.3. The van der Waals surface area contributed by atoms with Gasteiger partial charge in [-0.05, 0) is 30.5 Å². The number of aliphatic hydroxyl groups excluding tert-OH is 1. The second-order valence-corrected chi connectivity index (χ2v) is 5.03. The first kappa shape index (κ1) is 15.5. The van der Waals surface area contributed by atoms with Gasteiger partial charge < -0.3 is 15.2 Å². The molecular weight excluding hydrogens is 242 g/mol. The molecule has 0 aliphatic rings. The molecule has 1 amide bonds. The Morgan fingerprint density at radius 2 is 2.16 bits per heavy atom. The fourth-order valence-corrected chi connectivity index (χ4v) is 1.51. The van der Waals surface area contributed by atoms with Crippen LogP contribution in [-0.2, 0) is 4.79 Å². The standard InChI is InChI=1S/C15H23NO3/c1-11(2)14(17)10-16-15(18)7-8-19-13-6-4-5-12(3)9-13/h4-6,9,11,14,17H,7-8,10H2,1-3H3,(H,16,18). The van der Waals surface area contributed by atoms with Crippen molar-refractivity contribution in [3.05, 3.63) is 29.8 Å². The van der Waals surface area contributed by atoms with Crippen molar-refractivity contribution in [1.82, 2.24) is 5.32 Å². The van der Waals surface area contributed by atoms with Crippen LogP contribution in [0.5, 0.6) is 5.75 Å². The number of aryl methyl sites for hydroxylation is 1. The van der Waals surface area contributed by atoms with E-state index in [2.05, 4.69) is 5.32 Å². The number of ether oxygens (including phenoxy) is 1. The second-order valence-electron chi connectivity index (χ2n) is 5.03. The van der Waals surface area contributed by atoms with Gasteiger partial charge in [0.05, 0.1) is 19.1 Å². The number of carbonyl (C=O) groups excluding carboxylic acids is 1. The molecule has 1 atom stereocenters. The van der Waals surface area contributed by atoms with Gasteiger partial charge in [0.15, 0.2) is 0 Å². The lowest BCUT2D eigenvalue weighted by Gasteiger charge is -2.15. The Hall–Kier alpha value is -1.55. The first-order chi connectivity index (χ1) is 8.99. The van der Waals surface area contributed by atoms with Crippen LogP contribution in [0.1, 0.15) is 25.8 Å². The number of amides is 1. The van der Waals surface area contributed by atoms with Gasteiger partial charge in [-0.1, -0.05) is 26.0 Å². The van der Waals surface area contributed by atoms with E-state index in [9.17, 15) is 9.90 Å². The molecule has 2 N–H and O–H groups in total. The first-order valence-corrected chi connectivity index (χ1v) is 6.63. The van der Waals surface area contributed by atoms with Crippen LogP contribution in [0.4, 0.5) is 0 Å². The smallest absolute Gasteiger partial charge is 0.223 e. The van der Waals surface area contributed by atoms with Crippen molar-refractivity contribution in [3.63, 3.8) is 0 Å². The molecule has 0 aliphatic heterocycles. The molecule has 0 aliphatic carbocycles. The van der Waals surface area contributed by atoms with E-state index in [0.717, 1.165) is 11.3 Å². The average molecular weight is 265 g/mol. The molecule has 1 unspecified atom stereocenters. The number of aliphatic hydroxyl groups is 1. The van der Waals surface area contributed by atoms with E-state index in [1.54, 1.807) is 0 Å². The van der Waals surface area contributed by atoms with Crippen LogP contribution < -0.4 is 10.1 Å². The van der Waals surface area contributed by atoms with Gasteiger partial charge in [0.2, 0.25) is 5.91 Å². The van der Waals surface area contributed by atoms with Crippen molar-refractivity contribution < 1.29 is 14.6 Å². The summed E-state index contributed by atoms with van der Waals surface area (Å²) in [4.78, 5) is 11.5. The minimum absolute atomic E-state index is 0.104. The number of nitrogens with one attached hydrogen (secondary N) is 1. The highest BCUT2D eigenvalue weighted by atomic mass is 16.5. The number of hydrogen-bond acceptors (Lipinski definition) is 3. The molecular formula is C15H23NO3. The summed E-state index contributed by atoms with van der Waals surface area (Å²) < 4.78 is 5.49. The third-order valence-corrected chi connectivity index (χ3v) is 2.87. The summed E-state index contributed by atoms with van der Waals surface area (Å²) in [6.45, 7) is 6.45. The summed E-state index contributed by atoms with van der Waals surface area (Å²) in [6, 6.07) is 7.71. The van der Waals surface area contributed by atoms with Gasteiger partial charge in [0.25, 0.3) is 0 Å². The molecule has 0 saturated heterocycles. The largest absolute Gasteiger partial charge is 0.493 e. The Bertz CT molecular complexity index is 404. The van der Waals surface area contributed by atoms with E-state index < -0.39 is 6.10 Å². The molecule has 0 fully saturated rings. The zero-order valence-electron chi connectivity index (χ0n) is 11.8. The lowest BCUT2D eigenvalue weighted by atomic mass is 10.1. The molecule has 1 rings (SSSR count). The minimum Gasteiger partial charge on any atom is -0.493 e. The lowest BCUT2D eigenvalue weighted by molar-refractivity contribution is -0.122. The van der Waals surface area contributed by atoms with Crippen molar-refractivity contribution >= 4 is 5.91 Å². The Labute approximate surface area is 114 Å². The molecule has 0 spiro atoms. The van der Waals surface area contributed by atoms with Crippen LogP contribution in [0.2, 0.25) is 0 Å². The highest BCUT2D eigenvalue weighted by Crippen LogP contribution is 2.12. The average Bonchev–Trinajstić information content (AvgIpc) is 2.36. The van der Waals surface area contributed by atoms with E-state index in [4.69, 9.17) is 4.74 Å². The maximum Gasteiger partial charge on any atom is 0.223 e. The van der Waals surface area contributed by atoms with Crippen molar-refractivity contribution in [2.45, 2.75) is 33.3 Å². The molecule has 0 bridgehead atoms. The van der Waals surface area contributed by atoms with Gasteiger partial charge in [-0.15, -0.1) is 0 Å². The molecule has 1 aromatic rings. The van der Waals surface area contributed by atoms with Gasteiger partial charge in [-0.2, -0.15) is 0 Å². The highest BCUT2D eigenvalue weighted by Gasteiger charge is 2.10. The minimum atomic E-state index is -0.498. The van der Waals surface area contributed by atoms with Crippen LogP contribution in [0.25, 0.3) is 0 Å². The van der Waals surface area contributed by atoms with Gasteiger partial charge >= 0.3 is 0 Å². The fraction of sp³-hybridized carbons (Fsp3) is 0.533. The van der Waals surface area contributed by atoms with E-state index in [1.807, 2.05) is 45.0 Å². The maximum absolute atomic E-state index is 11.5. The third-order valence-electron chi connectivity index (χ3n) is 2.87. The van der Waals surface area contributed by atoms with Crippen LogP contribution in [0.15, 0.2) is 24.3 Å². The summed E-state index contributed by atoms with van der Waals surface area (Å²) in [7, 11) is 0. The van der Waals surface area contributed by atoms with E-state index in [-0.39, 0.29) is 11.8 Å². The van der Waals surface area contributed by atoms with Crippen LogP contribution in [-0.4, -0.2) is 30.3 Å². The van der Waals surface area contributed by atoms with Crippen LogP contribution in [0, 0.1) is 12.8 Å². The number of rotatable bonds is 7. The molecule has 0 radical (unpaired) electrons. The van der Waals surface area contributed by atoms with E-state index in [1.165, 1.54) is 0 Å². The Balaban J connectivity index is 2.20. The van der Waals surface area contributed by atoms with Crippen LogP contribution >= 0.6 is 0 Å².